The normalized spacial score (nSPS) is 15.5. The molecule has 1 aromatic rings. The minimum Gasteiger partial charge on any atom is -0.453 e. The van der Waals surface area contributed by atoms with E-state index in [0.717, 1.165) is 0 Å². The Morgan fingerprint density at radius 3 is 2.55 bits per heavy atom. The average Bonchev–Trinajstić information content (AvgIpc) is 2.51. The van der Waals surface area contributed by atoms with Crippen molar-refractivity contribution in [3.8, 4) is 0 Å². The van der Waals surface area contributed by atoms with Crippen molar-refractivity contribution in [1.82, 2.24) is 9.80 Å². The number of hydrogen-bond donors (Lipinski definition) is 1. The van der Waals surface area contributed by atoms with Crippen molar-refractivity contribution < 1.29 is 18.7 Å². The van der Waals surface area contributed by atoms with Crippen molar-refractivity contribution in [2.45, 2.75) is 13.5 Å². The second-order valence-electron chi connectivity index (χ2n) is 5.19. The van der Waals surface area contributed by atoms with Crippen LogP contribution < -0.4 is 5.32 Å². The van der Waals surface area contributed by atoms with Gasteiger partial charge in [0.2, 0.25) is 5.91 Å². The number of anilines is 1. The molecule has 1 aromatic carbocycles. The molecule has 22 heavy (non-hydrogen) atoms. The van der Waals surface area contributed by atoms with Gasteiger partial charge in [-0.2, -0.15) is 0 Å². The third-order valence-corrected chi connectivity index (χ3v) is 3.59. The van der Waals surface area contributed by atoms with Gasteiger partial charge >= 0.3 is 6.09 Å². The van der Waals surface area contributed by atoms with E-state index in [1.54, 1.807) is 17.0 Å². The Bertz CT molecular complexity index is 557. The van der Waals surface area contributed by atoms with Crippen LogP contribution in [-0.2, 0) is 16.1 Å². The number of amides is 2. The first kappa shape index (κ1) is 16.2. The number of carbonyl (C=O) groups excluding carboxylic acids is 2. The molecule has 2 rings (SSSR count). The minimum atomic E-state index is -0.409. The molecule has 1 N–H and O–H groups in total. The molecule has 0 radical (unpaired) electrons. The third-order valence-electron chi connectivity index (χ3n) is 3.59. The van der Waals surface area contributed by atoms with Gasteiger partial charge in [0.05, 0.1) is 12.8 Å². The summed E-state index contributed by atoms with van der Waals surface area (Å²) in [6, 6.07) is 4.96. The van der Waals surface area contributed by atoms with Gasteiger partial charge in [0.25, 0.3) is 0 Å². The fraction of sp³-hybridized carbons (Fsp3) is 0.467. The van der Waals surface area contributed by atoms with Crippen LogP contribution in [0.1, 0.15) is 12.5 Å². The number of rotatable bonds is 3. The van der Waals surface area contributed by atoms with Crippen LogP contribution in [0.5, 0.6) is 0 Å². The highest BCUT2D eigenvalue weighted by molar-refractivity contribution is 5.88. The van der Waals surface area contributed by atoms with Crippen LogP contribution in [0.3, 0.4) is 0 Å². The summed E-state index contributed by atoms with van der Waals surface area (Å²) in [6.07, 6.45) is -0.335. The molecule has 0 aliphatic carbocycles. The number of benzene rings is 1. The number of hydrogen-bond acceptors (Lipinski definition) is 4. The fourth-order valence-corrected chi connectivity index (χ4v) is 2.45. The second kappa shape index (κ2) is 7.22. The van der Waals surface area contributed by atoms with E-state index in [1.165, 1.54) is 20.1 Å². The van der Waals surface area contributed by atoms with E-state index in [1.807, 2.05) is 0 Å². The Morgan fingerprint density at radius 1 is 1.27 bits per heavy atom. The number of methoxy groups -OCH3 is 1. The number of halogens is 1. The largest absolute Gasteiger partial charge is 0.453 e. The maximum Gasteiger partial charge on any atom is 0.409 e. The molecule has 0 aromatic heterocycles. The Balaban J connectivity index is 1.97. The zero-order valence-corrected chi connectivity index (χ0v) is 12.8. The molecule has 1 fully saturated rings. The molecule has 0 unspecified atom stereocenters. The van der Waals surface area contributed by atoms with Gasteiger partial charge in [-0.3, -0.25) is 9.69 Å². The molecule has 120 valence electrons. The molecule has 0 spiro atoms. The first-order valence-corrected chi connectivity index (χ1v) is 7.11. The van der Waals surface area contributed by atoms with E-state index in [4.69, 9.17) is 0 Å². The van der Waals surface area contributed by atoms with E-state index in [9.17, 15) is 14.0 Å². The Morgan fingerprint density at radius 2 is 1.95 bits per heavy atom. The molecular formula is C15H20FN3O3. The van der Waals surface area contributed by atoms with Crippen LogP contribution in [-0.4, -0.2) is 55.1 Å². The second-order valence-corrected chi connectivity index (χ2v) is 5.19. The number of ether oxygens (including phenoxy) is 1. The Kier molecular flexibility index (Phi) is 5.32. The van der Waals surface area contributed by atoms with Crippen molar-refractivity contribution in [1.29, 1.82) is 0 Å². The van der Waals surface area contributed by atoms with Gasteiger partial charge in [-0.25, -0.2) is 9.18 Å². The lowest BCUT2D eigenvalue weighted by Gasteiger charge is -2.33. The molecule has 0 saturated carbocycles. The van der Waals surface area contributed by atoms with Crippen LogP contribution in [0.15, 0.2) is 18.2 Å². The van der Waals surface area contributed by atoms with Gasteiger partial charge in [-0.15, -0.1) is 0 Å². The lowest BCUT2D eigenvalue weighted by Crippen LogP contribution is -2.48. The topological polar surface area (TPSA) is 61.9 Å². The van der Waals surface area contributed by atoms with Gasteiger partial charge in [-0.1, -0.05) is 12.1 Å². The highest BCUT2D eigenvalue weighted by Gasteiger charge is 2.22. The molecule has 7 heteroatoms. The lowest BCUT2D eigenvalue weighted by molar-refractivity contribution is -0.114. The quantitative estimate of drug-likeness (QED) is 0.922. The van der Waals surface area contributed by atoms with E-state index in [0.29, 0.717) is 38.3 Å². The summed E-state index contributed by atoms with van der Waals surface area (Å²) in [6.45, 7) is 4.20. The summed E-state index contributed by atoms with van der Waals surface area (Å²) in [5.41, 5.74) is 0.718. The van der Waals surface area contributed by atoms with Crippen LogP contribution in [0.4, 0.5) is 14.9 Å². The van der Waals surface area contributed by atoms with E-state index in [2.05, 4.69) is 15.0 Å². The molecule has 6 nitrogen and oxygen atoms in total. The molecule has 0 bridgehead atoms. The Labute approximate surface area is 128 Å². The zero-order valence-electron chi connectivity index (χ0n) is 12.8. The fourth-order valence-electron chi connectivity index (χ4n) is 2.45. The van der Waals surface area contributed by atoms with Gasteiger partial charge in [0.15, 0.2) is 5.82 Å². The Hall–Kier alpha value is -2.15. The van der Waals surface area contributed by atoms with E-state index < -0.39 is 5.82 Å². The maximum atomic E-state index is 14.3. The predicted octanol–water partition coefficient (Wildman–Crippen LogP) is 1.67. The SMILES string of the molecule is COC(=O)N1CCN(Cc2cccc(NC(C)=O)c2F)CC1. The number of piperazine rings is 1. The summed E-state index contributed by atoms with van der Waals surface area (Å²) in [5, 5.41) is 2.48. The van der Waals surface area contributed by atoms with Gasteiger partial charge in [0.1, 0.15) is 0 Å². The van der Waals surface area contributed by atoms with Crippen molar-refractivity contribution in [3.05, 3.63) is 29.6 Å². The summed E-state index contributed by atoms with van der Waals surface area (Å²) in [5.74, 6) is -0.712. The van der Waals surface area contributed by atoms with Gasteiger partial charge in [0, 0.05) is 45.2 Å². The summed E-state index contributed by atoms with van der Waals surface area (Å²) < 4.78 is 19.0. The number of carbonyl (C=O) groups is 2. The van der Waals surface area contributed by atoms with Crippen molar-refractivity contribution in [2.24, 2.45) is 0 Å². The zero-order chi connectivity index (χ0) is 16.1. The number of nitrogens with one attached hydrogen (secondary N) is 1. The van der Waals surface area contributed by atoms with Crippen molar-refractivity contribution >= 4 is 17.7 Å². The smallest absolute Gasteiger partial charge is 0.409 e. The standard InChI is InChI=1S/C15H20FN3O3/c1-11(20)17-13-5-3-4-12(14(13)16)10-18-6-8-19(9-7-18)15(21)22-2/h3-5H,6-10H2,1-2H3,(H,17,20). The molecule has 1 saturated heterocycles. The first-order chi connectivity index (χ1) is 10.5. The van der Waals surface area contributed by atoms with Crippen LogP contribution in [0, 0.1) is 5.82 Å². The molecule has 1 aliphatic rings. The van der Waals surface area contributed by atoms with Gasteiger partial charge in [-0.05, 0) is 6.07 Å². The van der Waals surface area contributed by atoms with E-state index in [-0.39, 0.29) is 17.7 Å². The van der Waals surface area contributed by atoms with E-state index >= 15 is 0 Å². The monoisotopic (exact) mass is 309 g/mol. The summed E-state index contributed by atoms with van der Waals surface area (Å²) in [7, 11) is 1.36. The van der Waals surface area contributed by atoms with Crippen molar-refractivity contribution in [2.75, 3.05) is 38.6 Å². The number of nitrogens with zero attached hydrogens (tertiary/aromatic N) is 2. The minimum absolute atomic E-state index is 0.193. The molecular weight excluding hydrogens is 289 g/mol. The summed E-state index contributed by atoms with van der Waals surface area (Å²) >= 11 is 0. The average molecular weight is 309 g/mol. The predicted molar refractivity (Wildman–Crippen MR) is 80.0 cm³/mol. The highest BCUT2D eigenvalue weighted by atomic mass is 19.1. The summed E-state index contributed by atoms with van der Waals surface area (Å²) in [4.78, 5) is 26.2. The highest BCUT2D eigenvalue weighted by Crippen LogP contribution is 2.20. The molecule has 2 amide bonds. The van der Waals surface area contributed by atoms with Crippen molar-refractivity contribution in [3.63, 3.8) is 0 Å². The maximum absolute atomic E-state index is 14.3. The first-order valence-electron chi connectivity index (χ1n) is 7.11. The lowest BCUT2D eigenvalue weighted by atomic mass is 10.1. The molecule has 1 aliphatic heterocycles. The van der Waals surface area contributed by atoms with Crippen LogP contribution in [0.25, 0.3) is 0 Å². The van der Waals surface area contributed by atoms with Gasteiger partial charge < -0.3 is 15.0 Å². The molecule has 0 atom stereocenters. The third kappa shape index (κ3) is 3.94. The van der Waals surface area contributed by atoms with Crippen LogP contribution >= 0.6 is 0 Å². The molecule has 1 heterocycles. The van der Waals surface area contributed by atoms with Crippen LogP contribution in [0.2, 0.25) is 0 Å².